The SMILES string of the molecule is Fc1cc2ccc(CBr)nc2cc1C(F)(F)F. The summed E-state index contributed by atoms with van der Waals surface area (Å²) < 4.78 is 50.7. The molecule has 2 aromatic rings. The Balaban J connectivity index is 2.69. The van der Waals surface area contributed by atoms with E-state index in [4.69, 9.17) is 0 Å². The Bertz CT molecular complexity index is 565. The largest absolute Gasteiger partial charge is 0.419 e. The van der Waals surface area contributed by atoms with E-state index in [9.17, 15) is 17.6 Å². The maximum absolute atomic E-state index is 13.2. The third-order valence-corrected chi connectivity index (χ3v) is 2.85. The summed E-state index contributed by atoms with van der Waals surface area (Å²) >= 11 is 3.16. The zero-order valence-electron chi connectivity index (χ0n) is 8.35. The van der Waals surface area contributed by atoms with Gasteiger partial charge in [-0.3, -0.25) is 4.98 Å². The van der Waals surface area contributed by atoms with Gasteiger partial charge in [0.15, 0.2) is 0 Å². The molecule has 0 saturated carbocycles. The highest BCUT2D eigenvalue weighted by molar-refractivity contribution is 9.08. The topological polar surface area (TPSA) is 12.9 Å². The van der Waals surface area contributed by atoms with E-state index in [0.29, 0.717) is 16.4 Å². The Kier molecular flexibility index (Phi) is 3.07. The molecule has 1 aromatic heterocycles. The van der Waals surface area contributed by atoms with Crippen LogP contribution in [-0.4, -0.2) is 4.98 Å². The van der Waals surface area contributed by atoms with Crippen LogP contribution in [0.1, 0.15) is 11.3 Å². The Hall–Kier alpha value is -1.17. The van der Waals surface area contributed by atoms with Crippen LogP contribution in [0.25, 0.3) is 10.9 Å². The van der Waals surface area contributed by atoms with Gasteiger partial charge in [-0.05, 0) is 18.2 Å². The number of nitrogens with zero attached hydrogens (tertiary/aromatic N) is 1. The lowest BCUT2D eigenvalue weighted by Gasteiger charge is -2.09. The number of rotatable bonds is 1. The predicted octanol–water partition coefficient (Wildman–Crippen LogP) is 4.29. The maximum atomic E-state index is 13.2. The molecule has 0 aliphatic heterocycles. The fourth-order valence-corrected chi connectivity index (χ4v) is 1.79. The number of halogens is 5. The van der Waals surface area contributed by atoms with Gasteiger partial charge in [-0.25, -0.2) is 4.39 Å². The van der Waals surface area contributed by atoms with Gasteiger partial charge in [-0.2, -0.15) is 13.2 Å². The fourth-order valence-electron chi connectivity index (χ4n) is 1.48. The lowest BCUT2D eigenvalue weighted by atomic mass is 10.1. The molecule has 0 amide bonds. The van der Waals surface area contributed by atoms with Crippen molar-refractivity contribution >= 4 is 26.8 Å². The maximum Gasteiger partial charge on any atom is 0.419 e. The number of alkyl halides is 4. The van der Waals surface area contributed by atoms with Crippen molar-refractivity contribution in [1.29, 1.82) is 0 Å². The zero-order valence-corrected chi connectivity index (χ0v) is 9.94. The summed E-state index contributed by atoms with van der Waals surface area (Å²) in [6.07, 6.45) is -4.70. The molecule has 0 bridgehead atoms. The number of hydrogen-bond donors (Lipinski definition) is 0. The van der Waals surface area contributed by atoms with Gasteiger partial charge in [0.1, 0.15) is 5.82 Å². The molecule has 90 valence electrons. The molecule has 0 fully saturated rings. The van der Waals surface area contributed by atoms with Crippen LogP contribution in [-0.2, 0) is 11.5 Å². The molecule has 0 N–H and O–H groups in total. The van der Waals surface area contributed by atoms with Gasteiger partial charge in [0.2, 0.25) is 0 Å². The molecule has 1 heterocycles. The molecule has 0 unspecified atom stereocenters. The highest BCUT2D eigenvalue weighted by atomic mass is 79.9. The number of hydrogen-bond acceptors (Lipinski definition) is 1. The van der Waals surface area contributed by atoms with E-state index in [1.54, 1.807) is 12.1 Å². The number of benzene rings is 1. The molecular weight excluding hydrogens is 302 g/mol. The third kappa shape index (κ3) is 2.41. The molecular formula is C11H6BrF4N. The van der Waals surface area contributed by atoms with Gasteiger partial charge in [0, 0.05) is 10.7 Å². The molecule has 2 rings (SSSR count). The van der Waals surface area contributed by atoms with Crippen LogP contribution < -0.4 is 0 Å². The first kappa shape index (κ1) is 12.3. The quantitative estimate of drug-likeness (QED) is 0.566. The number of aromatic nitrogens is 1. The molecule has 1 nitrogen and oxygen atoms in total. The Morgan fingerprint density at radius 3 is 2.47 bits per heavy atom. The van der Waals surface area contributed by atoms with E-state index in [-0.39, 0.29) is 5.52 Å². The molecule has 0 atom stereocenters. The minimum absolute atomic E-state index is 0.135. The van der Waals surface area contributed by atoms with Crippen molar-refractivity contribution in [2.75, 3.05) is 0 Å². The van der Waals surface area contributed by atoms with E-state index in [2.05, 4.69) is 20.9 Å². The van der Waals surface area contributed by atoms with Gasteiger partial charge >= 0.3 is 6.18 Å². The van der Waals surface area contributed by atoms with Crippen molar-refractivity contribution in [2.45, 2.75) is 11.5 Å². The molecule has 6 heteroatoms. The highest BCUT2D eigenvalue weighted by Gasteiger charge is 2.34. The van der Waals surface area contributed by atoms with Gasteiger partial charge in [0.05, 0.1) is 16.8 Å². The van der Waals surface area contributed by atoms with Gasteiger partial charge < -0.3 is 0 Å². The average Bonchev–Trinajstić information content (AvgIpc) is 2.26. The van der Waals surface area contributed by atoms with Crippen LogP contribution in [0.5, 0.6) is 0 Å². The smallest absolute Gasteiger partial charge is 0.252 e. The van der Waals surface area contributed by atoms with E-state index in [1.165, 1.54) is 0 Å². The summed E-state index contributed by atoms with van der Waals surface area (Å²) in [7, 11) is 0. The summed E-state index contributed by atoms with van der Waals surface area (Å²) in [5, 5.41) is 0.780. The van der Waals surface area contributed by atoms with Crippen molar-refractivity contribution in [1.82, 2.24) is 4.98 Å². The molecule has 0 radical (unpaired) electrons. The second kappa shape index (κ2) is 4.25. The molecule has 17 heavy (non-hydrogen) atoms. The third-order valence-electron chi connectivity index (χ3n) is 2.28. The zero-order chi connectivity index (χ0) is 12.6. The van der Waals surface area contributed by atoms with Crippen LogP contribution in [0.2, 0.25) is 0 Å². The van der Waals surface area contributed by atoms with E-state index >= 15 is 0 Å². The van der Waals surface area contributed by atoms with Crippen LogP contribution in [0.3, 0.4) is 0 Å². The van der Waals surface area contributed by atoms with Crippen LogP contribution >= 0.6 is 15.9 Å². The van der Waals surface area contributed by atoms with E-state index < -0.39 is 17.6 Å². The normalized spacial score (nSPS) is 12.1. The predicted molar refractivity (Wildman–Crippen MR) is 59.3 cm³/mol. The van der Waals surface area contributed by atoms with Crippen molar-refractivity contribution in [3.05, 3.63) is 41.3 Å². The van der Waals surface area contributed by atoms with Crippen molar-refractivity contribution in [2.24, 2.45) is 0 Å². The highest BCUT2D eigenvalue weighted by Crippen LogP contribution is 2.33. The monoisotopic (exact) mass is 307 g/mol. The molecule has 1 aromatic carbocycles. The summed E-state index contributed by atoms with van der Waals surface area (Å²) in [6, 6.07) is 4.76. The Labute approximate surface area is 103 Å². The number of pyridine rings is 1. The van der Waals surface area contributed by atoms with Gasteiger partial charge in [-0.1, -0.05) is 22.0 Å². The molecule has 0 aliphatic rings. The number of fused-ring (bicyclic) bond motifs is 1. The van der Waals surface area contributed by atoms with Crippen LogP contribution in [0.15, 0.2) is 24.3 Å². The summed E-state index contributed by atoms with van der Waals surface area (Å²) in [4.78, 5) is 4.00. The molecule has 0 saturated heterocycles. The first-order valence-corrected chi connectivity index (χ1v) is 5.76. The Morgan fingerprint density at radius 1 is 1.18 bits per heavy atom. The van der Waals surface area contributed by atoms with E-state index in [1.807, 2.05) is 0 Å². The first-order chi connectivity index (χ1) is 7.91. The van der Waals surface area contributed by atoms with Crippen LogP contribution in [0.4, 0.5) is 17.6 Å². The van der Waals surface area contributed by atoms with Crippen molar-refractivity contribution in [3.63, 3.8) is 0 Å². The fraction of sp³-hybridized carbons (Fsp3) is 0.182. The summed E-state index contributed by atoms with van der Waals surface area (Å²) in [5.74, 6) is -1.28. The second-order valence-electron chi connectivity index (χ2n) is 3.46. The van der Waals surface area contributed by atoms with Crippen LogP contribution in [0, 0.1) is 5.82 Å². The molecule has 0 spiro atoms. The standard InChI is InChI=1S/C11H6BrF4N/c12-5-7-2-1-6-3-9(13)8(11(14,15)16)4-10(6)17-7/h1-4H,5H2. The summed E-state index contributed by atoms with van der Waals surface area (Å²) in [5.41, 5.74) is -0.558. The van der Waals surface area contributed by atoms with Crippen molar-refractivity contribution < 1.29 is 17.6 Å². The minimum atomic E-state index is -4.70. The Morgan fingerprint density at radius 2 is 1.88 bits per heavy atom. The van der Waals surface area contributed by atoms with Crippen molar-refractivity contribution in [3.8, 4) is 0 Å². The second-order valence-corrected chi connectivity index (χ2v) is 4.02. The van der Waals surface area contributed by atoms with Gasteiger partial charge in [0.25, 0.3) is 0 Å². The van der Waals surface area contributed by atoms with E-state index in [0.717, 1.165) is 12.1 Å². The summed E-state index contributed by atoms with van der Waals surface area (Å²) in [6.45, 7) is 0. The average molecular weight is 308 g/mol. The minimum Gasteiger partial charge on any atom is -0.252 e. The lowest BCUT2D eigenvalue weighted by molar-refractivity contribution is -0.139. The first-order valence-electron chi connectivity index (χ1n) is 4.64. The molecule has 0 aliphatic carbocycles. The lowest BCUT2D eigenvalue weighted by Crippen LogP contribution is -2.08. The van der Waals surface area contributed by atoms with Gasteiger partial charge in [-0.15, -0.1) is 0 Å².